The molecule has 0 aliphatic rings. The number of nitrogens with one attached hydrogen (secondary N) is 1. The second kappa shape index (κ2) is 41.9. The van der Waals surface area contributed by atoms with Crippen molar-refractivity contribution in [2.24, 2.45) is 0 Å². The number of allylic oxidation sites excluding steroid dienone is 10. The fourth-order valence-corrected chi connectivity index (χ4v) is 6.78. The van der Waals surface area contributed by atoms with Crippen LogP contribution in [0, 0.1) is 0 Å². The summed E-state index contributed by atoms with van der Waals surface area (Å²) in [7, 11) is -4.76. The molecule has 0 heterocycles. The van der Waals surface area contributed by atoms with Crippen LogP contribution in [-0.2, 0) is 32.7 Å². The van der Waals surface area contributed by atoms with Crippen molar-refractivity contribution >= 4 is 25.7 Å². The first-order valence-corrected chi connectivity index (χ1v) is 24.3. The lowest BCUT2D eigenvalue weighted by Gasteiger charge is -2.18. The van der Waals surface area contributed by atoms with E-state index >= 15 is 0 Å². The summed E-state index contributed by atoms with van der Waals surface area (Å²) in [5.74, 6) is -2.40. The van der Waals surface area contributed by atoms with Gasteiger partial charge in [0, 0.05) is 12.8 Å². The van der Waals surface area contributed by atoms with Gasteiger partial charge in [-0.3, -0.25) is 18.6 Å². The quantitative estimate of drug-likeness (QED) is 0.0201. The van der Waals surface area contributed by atoms with Gasteiger partial charge >= 0.3 is 19.8 Å². The summed E-state index contributed by atoms with van der Waals surface area (Å²) in [5, 5.41) is 21.9. The van der Waals surface area contributed by atoms with Crippen LogP contribution in [0.2, 0.25) is 0 Å². The number of hydrogen-bond donors (Lipinski definition) is 4. The molecule has 0 rings (SSSR count). The van der Waals surface area contributed by atoms with Crippen molar-refractivity contribution in [2.45, 2.75) is 199 Å². The van der Waals surface area contributed by atoms with Crippen LogP contribution in [0.25, 0.3) is 0 Å². The van der Waals surface area contributed by atoms with Crippen LogP contribution >= 0.6 is 7.82 Å². The number of esters is 1. The van der Waals surface area contributed by atoms with E-state index < -0.39 is 57.6 Å². The number of phosphoric acid groups is 1. The summed E-state index contributed by atoms with van der Waals surface area (Å²) in [6.07, 6.45) is 48.1. The Morgan fingerprint density at radius 3 is 1.47 bits per heavy atom. The molecule has 0 aromatic carbocycles. The largest absolute Gasteiger partial charge is 0.480 e. The summed E-state index contributed by atoms with van der Waals surface area (Å²) in [5.41, 5.74) is 0. The number of aliphatic carboxylic acids is 1. The fraction of sp³-hybridized carbons (Fsp3) is 0.723. The summed E-state index contributed by atoms with van der Waals surface area (Å²) >= 11 is 0. The van der Waals surface area contributed by atoms with Crippen LogP contribution in [0.5, 0.6) is 0 Å². The molecule has 0 bridgehead atoms. The lowest BCUT2D eigenvalue weighted by molar-refractivity contribution is -0.147. The molecule has 11 nitrogen and oxygen atoms in total. The second-order valence-corrected chi connectivity index (χ2v) is 16.7. The predicted molar refractivity (Wildman–Crippen MR) is 240 cm³/mol. The van der Waals surface area contributed by atoms with Crippen LogP contribution in [0.15, 0.2) is 60.8 Å². The molecule has 0 aromatic heterocycles. The molecule has 0 spiro atoms. The molecule has 3 unspecified atom stereocenters. The van der Waals surface area contributed by atoms with Gasteiger partial charge in [-0.15, -0.1) is 0 Å². The maximum Gasteiger partial charge on any atom is 0.472 e. The molecule has 0 aliphatic heterocycles. The number of carboxylic acids is 1. The van der Waals surface area contributed by atoms with E-state index in [1.165, 1.54) is 51.4 Å². The van der Waals surface area contributed by atoms with Crippen molar-refractivity contribution in [2.75, 3.05) is 19.8 Å². The van der Waals surface area contributed by atoms with Crippen molar-refractivity contribution in [3.8, 4) is 0 Å². The van der Waals surface area contributed by atoms with E-state index in [1.807, 2.05) is 0 Å². The molecule has 1 amide bonds. The molecule has 0 saturated heterocycles. The van der Waals surface area contributed by atoms with Crippen LogP contribution in [-0.4, -0.2) is 64.9 Å². The van der Waals surface area contributed by atoms with E-state index in [9.17, 15) is 34.1 Å². The third kappa shape index (κ3) is 41.7. The van der Waals surface area contributed by atoms with Gasteiger partial charge in [-0.2, -0.15) is 0 Å². The number of aliphatic hydroxyl groups is 1. The molecule has 0 aromatic rings. The highest BCUT2D eigenvalue weighted by Crippen LogP contribution is 2.43. The van der Waals surface area contributed by atoms with Gasteiger partial charge in [0.25, 0.3) is 0 Å². The first kappa shape index (κ1) is 56.2. The van der Waals surface area contributed by atoms with Crippen molar-refractivity contribution in [1.29, 1.82) is 0 Å². The van der Waals surface area contributed by atoms with Crippen molar-refractivity contribution < 1.29 is 47.8 Å². The highest BCUT2D eigenvalue weighted by molar-refractivity contribution is 7.47. The number of ether oxygens (including phenoxy) is 1. The third-order valence-electron chi connectivity index (χ3n) is 9.54. The topological polar surface area (TPSA) is 169 Å². The first-order valence-electron chi connectivity index (χ1n) is 22.8. The Kier molecular flexibility index (Phi) is 39.9. The summed E-state index contributed by atoms with van der Waals surface area (Å²) in [6.45, 7) is 2.45. The Morgan fingerprint density at radius 2 is 0.983 bits per heavy atom. The zero-order valence-electron chi connectivity index (χ0n) is 36.8. The van der Waals surface area contributed by atoms with E-state index in [0.29, 0.717) is 12.8 Å². The summed E-state index contributed by atoms with van der Waals surface area (Å²) in [4.78, 5) is 46.0. The van der Waals surface area contributed by atoms with Gasteiger partial charge in [-0.25, -0.2) is 9.36 Å². The zero-order chi connectivity index (χ0) is 43.5. The molecule has 4 N–H and O–H groups in total. The normalized spacial score (nSPS) is 14.2. The Bertz CT molecular complexity index is 1230. The highest BCUT2D eigenvalue weighted by atomic mass is 31.2. The number of carboxylic acid groups (broad SMARTS) is 1. The van der Waals surface area contributed by atoms with E-state index in [-0.39, 0.29) is 12.8 Å². The van der Waals surface area contributed by atoms with Crippen LogP contribution in [0.4, 0.5) is 0 Å². The molecule has 12 heteroatoms. The number of amides is 1. The van der Waals surface area contributed by atoms with E-state index in [0.717, 1.165) is 96.3 Å². The highest BCUT2D eigenvalue weighted by Gasteiger charge is 2.28. The lowest BCUT2D eigenvalue weighted by Crippen LogP contribution is -2.43. The third-order valence-corrected chi connectivity index (χ3v) is 10.5. The predicted octanol–water partition coefficient (Wildman–Crippen LogP) is 11.9. The van der Waals surface area contributed by atoms with Gasteiger partial charge in [0.1, 0.15) is 12.7 Å². The maximum atomic E-state index is 12.3. The minimum Gasteiger partial charge on any atom is -0.480 e. The Morgan fingerprint density at radius 1 is 0.559 bits per heavy atom. The molecule has 3 atom stereocenters. The zero-order valence-corrected chi connectivity index (χ0v) is 37.7. The molecule has 59 heavy (non-hydrogen) atoms. The summed E-state index contributed by atoms with van der Waals surface area (Å²) < 4.78 is 26.9. The number of aliphatic hydroxyl groups excluding tert-OH is 1. The minimum atomic E-state index is -4.76. The number of carbonyl (C=O) groups excluding carboxylic acids is 2. The van der Waals surface area contributed by atoms with E-state index in [1.54, 1.807) is 0 Å². The summed E-state index contributed by atoms with van der Waals surface area (Å²) in [6, 6.07) is -1.55. The lowest BCUT2D eigenvalue weighted by atomic mass is 10.1. The SMILES string of the molecule is CC/C=C\C/C=C\C/C=C\CCCCCCCCCC(=O)OCC(O)COP(=O)(O)OCC(NC(=O)CCCCCCCCC/C=C\C/C=C\CCCCCC)C(=O)O. The molecule has 0 radical (unpaired) electrons. The number of rotatable bonds is 42. The molecule has 0 aliphatic carbocycles. The van der Waals surface area contributed by atoms with Crippen LogP contribution in [0.3, 0.4) is 0 Å². The Labute approximate surface area is 357 Å². The van der Waals surface area contributed by atoms with Crippen molar-refractivity contribution in [3.63, 3.8) is 0 Å². The Balaban J connectivity index is 3.92. The minimum absolute atomic E-state index is 0.134. The van der Waals surface area contributed by atoms with Crippen molar-refractivity contribution in [3.05, 3.63) is 60.8 Å². The van der Waals surface area contributed by atoms with Gasteiger partial charge in [-0.1, -0.05) is 158 Å². The van der Waals surface area contributed by atoms with E-state index in [2.05, 4.69) is 79.9 Å². The molecular formula is C47H82NO10P. The first-order chi connectivity index (χ1) is 28.6. The molecular weight excluding hydrogens is 769 g/mol. The van der Waals surface area contributed by atoms with Crippen molar-refractivity contribution in [1.82, 2.24) is 5.32 Å². The van der Waals surface area contributed by atoms with Crippen LogP contribution in [0.1, 0.15) is 187 Å². The average Bonchev–Trinajstić information content (AvgIpc) is 3.21. The average molecular weight is 852 g/mol. The number of phosphoric ester groups is 1. The Hall–Kier alpha value is -2.82. The maximum absolute atomic E-state index is 12.3. The number of carbonyl (C=O) groups is 3. The smallest absolute Gasteiger partial charge is 0.472 e. The standard InChI is InChI=1S/C47H82NO10P/c1-3-5-7-9-11-13-15-17-19-21-23-24-26-28-30-32-34-36-38-45(50)48-44(47(52)53)42-58-59(54,55)57-41-43(49)40-56-46(51)39-37-35-33-31-29-27-25-22-20-18-16-14-12-10-8-6-4-2/h6,8,12-15,18-21,43-44,49H,3-5,7,9-11,16-17,22-42H2,1-2H3,(H,48,50)(H,52,53)(H,54,55)/b8-6-,14-12-,15-13-,20-18-,21-19-. The van der Waals surface area contributed by atoms with Gasteiger partial charge in [-0.05, 0) is 77.0 Å². The molecule has 0 fully saturated rings. The van der Waals surface area contributed by atoms with Gasteiger partial charge in [0.2, 0.25) is 5.91 Å². The number of unbranched alkanes of at least 4 members (excludes halogenated alkanes) is 18. The number of hydrogen-bond acceptors (Lipinski definition) is 8. The molecule has 340 valence electrons. The monoisotopic (exact) mass is 852 g/mol. The fourth-order valence-electron chi connectivity index (χ4n) is 6.01. The van der Waals surface area contributed by atoms with Gasteiger partial charge < -0.3 is 25.2 Å². The van der Waals surface area contributed by atoms with Crippen LogP contribution < -0.4 is 5.32 Å². The van der Waals surface area contributed by atoms with E-state index in [4.69, 9.17) is 13.8 Å². The van der Waals surface area contributed by atoms with Gasteiger partial charge in [0.15, 0.2) is 6.04 Å². The second-order valence-electron chi connectivity index (χ2n) is 15.2. The van der Waals surface area contributed by atoms with Gasteiger partial charge in [0.05, 0.1) is 13.2 Å². The molecule has 0 saturated carbocycles.